The van der Waals surface area contributed by atoms with Gasteiger partial charge in [-0.25, -0.2) is 0 Å². The van der Waals surface area contributed by atoms with Gasteiger partial charge in [0.15, 0.2) is 0 Å². The summed E-state index contributed by atoms with van der Waals surface area (Å²) in [6, 6.07) is 26.0. The second kappa shape index (κ2) is 7.30. The van der Waals surface area contributed by atoms with Crippen LogP contribution >= 0.6 is 8.38 Å². The Hall–Kier alpha value is -2.31. The zero-order valence-electron chi connectivity index (χ0n) is 13.3. The number of rotatable bonds is 5. The fraction of sp³-hybridized carbons (Fsp3) is 0.100. The summed E-state index contributed by atoms with van der Waals surface area (Å²) in [5.74, 6) is 1.67. The Morgan fingerprint density at radius 1 is 0.609 bits per heavy atom. The molecule has 0 N–H and O–H groups in total. The van der Waals surface area contributed by atoms with Crippen LogP contribution in [-0.2, 0) is 0 Å². The summed E-state index contributed by atoms with van der Waals surface area (Å²) in [6.45, 7) is 4.13. The molecule has 0 saturated heterocycles. The molecule has 0 radical (unpaired) electrons. The molecule has 0 heterocycles. The molecule has 3 aromatic carbocycles. The lowest BCUT2D eigenvalue weighted by atomic mass is 10.2. The van der Waals surface area contributed by atoms with Crippen molar-refractivity contribution in [3.05, 3.63) is 90.0 Å². The smallest absolute Gasteiger partial charge is 0.326 e. The Labute approximate surface area is 138 Å². The highest BCUT2D eigenvalue weighted by Crippen LogP contribution is 2.41. The summed E-state index contributed by atoms with van der Waals surface area (Å²) in [5, 5.41) is 1.09. The van der Waals surface area contributed by atoms with Crippen molar-refractivity contribution in [1.29, 1.82) is 0 Å². The molecule has 1 unspecified atom stereocenters. The van der Waals surface area contributed by atoms with Crippen LogP contribution in [0.1, 0.15) is 11.1 Å². The second-order valence-corrected chi connectivity index (χ2v) is 6.67. The van der Waals surface area contributed by atoms with E-state index in [4.69, 9.17) is 9.05 Å². The fourth-order valence-electron chi connectivity index (χ4n) is 2.21. The summed E-state index contributed by atoms with van der Waals surface area (Å²) >= 11 is 0. The highest BCUT2D eigenvalue weighted by Gasteiger charge is 2.20. The first-order valence-corrected chi connectivity index (χ1v) is 8.74. The van der Waals surface area contributed by atoms with Crippen LogP contribution in [0.2, 0.25) is 0 Å². The van der Waals surface area contributed by atoms with E-state index in [-0.39, 0.29) is 0 Å². The Bertz CT molecular complexity index is 771. The third-order valence-electron chi connectivity index (χ3n) is 3.52. The molecule has 0 aliphatic rings. The van der Waals surface area contributed by atoms with Gasteiger partial charge in [-0.15, -0.1) is 0 Å². The van der Waals surface area contributed by atoms with Gasteiger partial charge < -0.3 is 9.05 Å². The van der Waals surface area contributed by atoms with Gasteiger partial charge in [-0.05, 0) is 49.2 Å². The predicted octanol–water partition coefficient (Wildman–Crippen LogP) is 5.40. The largest absolute Gasteiger partial charge is 0.435 e. The maximum Gasteiger partial charge on any atom is 0.326 e. The third kappa shape index (κ3) is 3.91. The molecule has 0 saturated carbocycles. The predicted molar refractivity (Wildman–Crippen MR) is 96.6 cm³/mol. The van der Waals surface area contributed by atoms with E-state index >= 15 is 0 Å². The highest BCUT2D eigenvalue weighted by molar-refractivity contribution is 7.56. The van der Waals surface area contributed by atoms with E-state index in [1.807, 2.05) is 73.7 Å². The van der Waals surface area contributed by atoms with Gasteiger partial charge in [-0.3, -0.25) is 0 Å². The lowest BCUT2D eigenvalue weighted by Crippen LogP contribution is -2.13. The molecule has 0 bridgehead atoms. The Balaban J connectivity index is 1.93. The van der Waals surface area contributed by atoms with E-state index in [9.17, 15) is 0 Å². The van der Waals surface area contributed by atoms with Gasteiger partial charge in [-0.2, -0.15) is 0 Å². The van der Waals surface area contributed by atoms with Gasteiger partial charge in [-0.1, -0.05) is 54.6 Å². The Morgan fingerprint density at radius 2 is 1.22 bits per heavy atom. The number of benzene rings is 3. The molecular weight excluding hydrogens is 303 g/mol. The second-order valence-electron chi connectivity index (χ2n) is 5.30. The Morgan fingerprint density at radius 3 is 1.91 bits per heavy atom. The summed E-state index contributed by atoms with van der Waals surface area (Å²) < 4.78 is 12.4. The van der Waals surface area contributed by atoms with Crippen molar-refractivity contribution in [2.45, 2.75) is 13.8 Å². The van der Waals surface area contributed by atoms with Gasteiger partial charge in [0.05, 0.1) is 5.30 Å². The molecular formula is C20H19O2P. The van der Waals surface area contributed by atoms with E-state index in [1.54, 1.807) is 0 Å². The number of hydrogen-bond donors (Lipinski definition) is 0. The lowest BCUT2D eigenvalue weighted by molar-refractivity contribution is 0.499. The van der Waals surface area contributed by atoms with Gasteiger partial charge in [0, 0.05) is 0 Å². The van der Waals surface area contributed by atoms with Crippen molar-refractivity contribution in [3.8, 4) is 11.5 Å². The van der Waals surface area contributed by atoms with Crippen LogP contribution in [-0.4, -0.2) is 0 Å². The van der Waals surface area contributed by atoms with Crippen molar-refractivity contribution in [2.75, 3.05) is 0 Å². The van der Waals surface area contributed by atoms with E-state index in [2.05, 4.69) is 19.1 Å². The summed E-state index contributed by atoms with van der Waals surface area (Å²) in [7, 11) is -1.25. The normalized spacial score (nSPS) is 11.7. The number of hydrogen-bond acceptors (Lipinski definition) is 2. The molecule has 0 aliphatic carbocycles. The van der Waals surface area contributed by atoms with Crippen LogP contribution in [0.3, 0.4) is 0 Å². The van der Waals surface area contributed by atoms with E-state index < -0.39 is 8.38 Å². The van der Waals surface area contributed by atoms with Crippen molar-refractivity contribution in [1.82, 2.24) is 0 Å². The van der Waals surface area contributed by atoms with Crippen molar-refractivity contribution in [3.63, 3.8) is 0 Å². The van der Waals surface area contributed by atoms with Gasteiger partial charge in [0.2, 0.25) is 0 Å². The van der Waals surface area contributed by atoms with Crippen LogP contribution in [0.25, 0.3) is 0 Å². The molecule has 3 aromatic rings. The van der Waals surface area contributed by atoms with Crippen LogP contribution in [0, 0.1) is 13.8 Å². The minimum atomic E-state index is -1.25. The molecule has 0 spiro atoms. The highest BCUT2D eigenvalue weighted by atomic mass is 31.2. The quantitative estimate of drug-likeness (QED) is 0.586. The van der Waals surface area contributed by atoms with Crippen LogP contribution in [0.4, 0.5) is 0 Å². The molecule has 0 aromatic heterocycles. The van der Waals surface area contributed by atoms with E-state index in [0.29, 0.717) is 0 Å². The van der Waals surface area contributed by atoms with Gasteiger partial charge >= 0.3 is 8.38 Å². The molecule has 0 amide bonds. The fourth-order valence-corrected chi connectivity index (χ4v) is 3.71. The lowest BCUT2D eigenvalue weighted by Gasteiger charge is -2.21. The molecule has 116 valence electrons. The molecule has 3 heteroatoms. The summed E-state index contributed by atoms with van der Waals surface area (Å²) in [6.07, 6.45) is 0. The van der Waals surface area contributed by atoms with Gasteiger partial charge in [0.25, 0.3) is 0 Å². The monoisotopic (exact) mass is 322 g/mol. The topological polar surface area (TPSA) is 18.5 Å². The first-order chi connectivity index (χ1) is 11.2. The summed E-state index contributed by atoms with van der Waals surface area (Å²) in [5.41, 5.74) is 2.27. The minimum Gasteiger partial charge on any atom is -0.435 e. The maximum absolute atomic E-state index is 6.26. The average Bonchev–Trinajstić information content (AvgIpc) is 2.58. The van der Waals surface area contributed by atoms with E-state index in [0.717, 1.165) is 22.4 Å². The first kappa shape index (κ1) is 15.6. The number of aryl methyl sites for hydroxylation is 2. The van der Waals surface area contributed by atoms with Crippen molar-refractivity contribution in [2.24, 2.45) is 0 Å². The zero-order chi connectivity index (χ0) is 16.1. The molecule has 1 atom stereocenters. The molecule has 0 fully saturated rings. The zero-order valence-corrected chi connectivity index (χ0v) is 14.2. The SMILES string of the molecule is Cc1ccccc1OP(Oc1ccccc1)c1ccccc1C. The molecule has 23 heavy (non-hydrogen) atoms. The van der Waals surface area contributed by atoms with Crippen molar-refractivity contribution >= 4 is 13.7 Å². The molecule has 3 rings (SSSR count). The van der Waals surface area contributed by atoms with Crippen molar-refractivity contribution < 1.29 is 9.05 Å². The van der Waals surface area contributed by atoms with E-state index in [1.165, 1.54) is 5.56 Å². The maximum atomic E-state index is 6.26. The standard InChI is InChI=1S/C20H19O2P/c1-16-10-6-8-14-19(16)22-23(20-15-9-7-11-17(20)2)21-18-12-4-3-5-13-18/h3-15H,1-2H3. The van der Waals surface area contributed by atoms with Crippen LogP contribution in [0.5, 0.6) is 11.5 Å². The minimum absolute atomic E-state index is 0.815. The molecule has 0 aliphatic heterocycles. The average molecular weight is 322 g/mol. The first-order valence-electron chi connectivity index (χ1n) is 7.56. The van der Waals surface area contributed by atoms with Gasteiger partial charge in [0.1, 0.15) is 11.5 Å². The van der Waals surface area contributed by atoms with Crippen LogP contribution in [0.15, 0.2) is 78.9 Å². The Kier molecular flexibility index (Phi) is 4.95. The third-order valence-corrected chi connectivity index (χ3v) is 5.15. The summed E-state index contributed by atoms with van der Waals surface area (Å²) in [4.78, 5) is 0. The molecule has 2 nitrogen and oxygen atoms in total. The number of para-hydroxylation sites is 2. The van der Waals surface area contributed by atoms with Crippen LogP contribution < -0.4 is 14.4 Å².